The molecule has 4 rings (SSSR count). The first-order valence-electron chi connectivity index (χ1n) is 8.25. The van der Waals surface area contributed by atoms with E-state index < -0.39 is 0 Å². The molecule has 2 saturated heterocycles. The summed E-state index contributed by atoms with van der Waals surface area (Å²) in [4.78, 5) is 36.8. The molecule has 1 atom stereocenters. The van der Waals surface area contributed by atoms with Gasteiger partial charge in [0, 0.05) is 31.4 Å². The molecule has 2 aliphatic rings. The van der Waals surface area contributed by atoms with Gasteiger partial charge in [0.05, 0.1) is 17.3 Å². The highest BCUT2D eigenvalue weighted by Crippen LogP contribution is 2.24. The van der Waals surface area contributed by atoms with Gasteiger partial charge in [0.2, 0.25) is 0 Å². The van der Waals surface area contributed by atoms with E-state index >= 15 is 0 Å². The van der Waals surface area contributed by atoms with Crippen LogP contribution in [0, 0.1) is 6.92 Å². The first-order chi connectivity index (χ1) is 12.1. The van der Waals surface area contributed by atoms with Crippen LogP contribution in [0.5, 0.6) is 0 Å². The van der Waals surface area contributed by atoms with Crippen LogP contribution in [-0.2, 0) is 4.74 Å². The summed E-state index contributed by atoms with van der Waals surface area (Å²) in [6.45, 7) is 3.57. The van der Waals surface area contributed by atoms with Crippen LogP contribution in [0.15, 0.2) is 36.5 Å². The molecule has 2 aromatic rings. The molecule has 0 unspecified atom stereocenters. The van der Waals surface area contributed by atoms with Crippen molar-refractivity contribution in [3.63, 3.8) is 0 Å². The van der Waals surface area contributed by atoms with Crippen molar-refractivity contribution in [3.05, 3.63) is 47.9 Å². The number of carbonyl (C=O) groups excluding carboxylic acids is 2. The molecule has 2 aliphatic heterocycles. The Morgan fingerprint density at radius 1 is 1.24 bits per heavy atom. The van der Waals surface area contributed by atoms with Gasteiger partial charge in [0.25, 0.3) is 5.91 Å². The highest BCUT2D eigenvalue weighted by Gasteiger charge is 2.39. The topological polar surface area (TPSA) is 75.6 Å². The minimum absolute atomic E-state index is 0.0725. The minimum atomic E-state index is -0.291. The van der Waals surface area contributed by atoms with Crippen LogP contribution in [0.25, 0.3) is 11.3 Å². The van der Waals surface area contributed by atoms with E-state index in [1.807, 2.05) is 30.3 Å². The van der Waals surface area contributed by atoms with Crippen molar-refractivity contribution >= 4 is 12.0 Å². The average Bonchev–Trinajstić information content (AvgIpc) is 3.02. The molecule has 1 aromatic heterocycles. The van der Waals surface area contributed by atoms with Crippen LogP contribution in [-0.4, -0.2) is 64.1 Å². The molecule has 3 heterocycles. The summed E-state index contributed by atoms with van der Waals surface area (Å²) in [6.07, 6.45) is 1.30. The quantitative estimate of drug-likeness (QED) is 0.833. The minimum Gasteiger partial charge on any atom is -0.447 e. The Hall–Kier alpha value is -2.96. The maximum absolute atomic E-state index is 13.1. The maximum atomic E-state index is 13.1. The van der Waals surface area contributed by atoms with Crippen LogP contribution >= 0.6 is 0 Å². The van der Waals surface area contributed by atoms with E-state index in [0.29, 0.717) is 43.3 Å². The number of benzene rings is 1. The van der Waals surface area contributed by atoms with E-state index in [9.17, 15) is 9.59 Å². The summed E-state index contributed by atoms with van der Waals surface area (Å²) < 4.78 is 5.07. The molecule has 25 heavy (non-hydrogen) atoms. The van der Waals surface area contributed by atoms with Gasteiger partial charge in [-0.3, -0.25) is 9.69 Å². The SMILES string of the molecule is Cc1ncc(C(=O)N2CCN3C(=O)OC[C@@H]3C2)c(-c2ccccc2)n1. The second kappa shape index (κ2) is 6.16. The van der Waals surface area contributed by atoms with Gasteiger partial charge in [0.15, 0.2) is 0 Å². The summed E-state index contributed by atoms with van der Waals surface area (Å²) in [7, 11) is 0. The summed E-state index contributed by atoms with van der Waals surface area (Å²) in [5.41, 5.74) is 2.00. The Morgan fingerprint density at radius 3 is 2.84 bits per heavy atom. The van der Waals surface area contributed by atoms with Gasteiger partial charge in [-0.25, -0.2) is 14.8 Å². The standard InChI is InChI=1S/C18H18N4O3/c1-12-19-9-15(16(20-12)13-5-3-2-4-6-13)17(23)21-7-8-22-14(10-21)11-25-18(22)24/h2-6,9,14H,7-8,10-11H2,1H3/t14-/m0/s1. The molecule has 0 bridgehead atoms. The third-order valence-electron chi connectivity index (χ3n) is 4.59. The second-order valence-electron chi connectivity index (χ2n) is 6.22. The predicted molar refractivity (Wildman–Crippen MR) is 90.0 cm³/mol. The number of aromatic nitrogens is 2. The summed E-state index contributed by atoms with van der Waals surface area (Å²) in [5, 5.41) is 0. The van der Waals surface area contributed by atoms with Crippen molar-refractivity contribution in [2.75, 3.05) is 26.2 Å². The molecular formula is C18H18N4O3. The number of amides is 2. The highest BCUT2D eigenvalue weighted by atomic mass is 16.6. The molecule has 7 heteroatoms. The number of ether oxygens (including phenoxy) is 1. The van der Waals surface area contributed by atoms with Gasteiger partial charge in [-0.05, 0) is 6.92 Å². The van der Waals surface area contributed by atoms with Crippen LogP contribution in [0.1, 0.15) is 16.2 Å². The van der Waals surface area contributed by atoms with Crippen molar-refractivity contribution < 1.29 is 14.3 Å². The summed E-state index contributed by atoms with van der Waals surface area (Å²) in [5.74, 6) is 0.507. The number of carbonyl (C=O) groups is 2. The first-order valence-corrected chi connectivity index (χ1v) is 8.25. The zero-order valence-electron chi connectivity index (χ0n) is 13.9. The fourth-order valence-corrected chi connectivity index (χ4v) is 3.29. The van der Waals surface area contributed by atoms with Crippen LogP contribution in [0.4, 0.5) is 4.79 Å². The molecule has 2 fully saturated rings. The van der Waals surface area contributed by atoms with Gasteiger partial charge >= 0.3 is 6.09 Å². The number of nitrogens with zero attached hydrogens (tertiary/aromatic N) is 4. The van der Waals surface area contributed by atoms with Crippen molar-refractivity contribution in [3.8, 4) is 11.3 Å². The number of aryl methyl sites for hydroxylation is 1. The van der Waals surface area contributed by atoms with E-state index in [-0.39, 0.29) is 18.0 Å². The number of fused-ring (bicyclic) bond motifs is 1. The number of hydrogen-bond donors (Lipinski definition) is 0. The molecule has 7 nitrogen and oxygen atoms in total. The van der Waals surface area contributed by atoms with E-state index in [1.54, 1.807) is 22.9 Å². The zero-order chi connectivity index (χ0) is 17.4. The smallest absolute Gasteiger partial charge is 0.410 e. The van der Waals surface area contributed by atoms with Crippen LogP contribution in [0.2, 0.25) is 0 Å². The summed E-state index contributed by atoms with van der Waals surface area (Å²) >= 11 is 0. The lowest BCUT2D eigenvalue weighted by Gasteiger charge is -2.35. The van der Waals surface area contributed by atoms with Gasteiger partial charge in [-0.2, -0.15) is 0 Å². The lowest BCUT2D eigenvalue weighted by atomic mass is 10.1. The zero-order valence-corrected chi connectivity index (χ0v) is 13.9. The van der Waals surface area contributed by atoms with Crippen LogP contribution in [0.3, 0.4) is 0 Å². The van der Waals surface area contributed by atoms with Crippen molar-refractivity contribution in [2.45, 2.75) is 13.0 Å². The Morgan fingerprint density at radius 2 is 2.04 bits per heavy atom. The predicted octanol–water partition coefficient (Wildman–Crippen LogP) is 1.73. The maximum Gasteiger partial charge on any atom is 0.410 e. The highest BCUT2D eigenvalue weighted by molar-refractivity contribution is 5.99. The van der Waals surface area contributed by atoms with Gasteiger partial charge in [-0.15, -0.1) is 0 Å². The third-order valence-corrected chi connectivity index (χ3v) is 4.59. The van der Waals surface area contributed by atoms with Crippen LogP contribution < -0.4 is 0 Å². The average molecular weight is 338 g/mol. The molecule has 0 radical (unpaired) electrons. The second-order valence-corrected chi connectivity index (χ2v) is 6.22. The number of rotatable bonds is 2. The largest absolute Gasteiger partial charge is 0.447 e. The number of cyclic esters (lactones) is 1. The van der Waals surface area contributed by atoms with E-state index in [4.69, 9.17) is 4.74 Å². The first kappa shape index (κ1) is 15.6. The Kier molecular flexibility index (Phi) is 3.83. The molecule has 2 amide bonds. The lowest BCUT2D eigenvalue weighted by Crippen LogP contribution is -2.53. The monoisotopic (exact) mass is 338 g/mol. The molecule has 0 aliphatic carbocycles. The van der Waals surface area contributed by atoms with E-state index in [0.717, 1.165) is 5.56 Å². The van der Waals surface area contributed by atoms with Gasteiger partial charge in [0.1, 0.15) is 12.4 Å². The Balaban J connectivity index is 1.64. The van der Waals surface area contributed by atoms with E-state index in [1.165, 1.54) is 0 Å². The van der Waals surface area contributed by atoms with Crippen molar-refractivity contribution in [1.29, 1.82) is 0 Å². The fourth-order valence-electron chi connectivity index (χ4n) is 3.29. The number of hydrogen-bond acceptors (Lipinski definition) is 5. The Labute approximate surface area is 145 Å². The van der Waals surface area contributed by atoms with Gasteiger partial charge < -0.3 is 9.64 Å². The third kappa shape index (κ3) is 2.82. The van der Waals surface area contributed by atoms with Crippen molar-refractivity contribution in [1.82, 2.24) is 19.8 Å². The molecular weight excluding hydrogens is 320 g/mol. The fraction of sp³-hybridized carbons (Fsp3) is 0.333. The molecule has 0 saturated carbocycles. The molecule has 128 valence electrons. The lowest BCUT2D eigenvalue weighted by molar-refractivity contribution is 0.0617. The normalized spacial score (nSPS) is 19.6. The summed E-state index contributed by atoms with van der Waals surface area (Å²) in [6, 6.07) is 9.55. The Bertz CT molecular complexity index is 824. The van der Waals surface area contributed by atoms with Gasteiger partial charge in [-0.1, -0.05) is 30.3 Å². The number of piperazine rings is 1. The van der Waals surface area contributed by atoms with E-state index in [2.05, 4.69) is 9.97 Å². The van der Waals surface area contributed by atoms with Crippen molar-refractivity contribution in [2.24, 2.45) is 0 Å². The molecule has 1 aromatic carbocycles. The molecule has 0 N–H and O–H groups in total. The molecule has 0 spiro atoms.